The third kappa shape index (κ3) is 5.85. The third-order valence-electron chi connectivity index (χ3n) is 0.984. The first kappa shape index (κ1) is 13.3. The van der Waals surface area contributed by atoms with Crippen molar-refractivity contribution in [3.8, 4) is 0 Å². The van der Waals surface area contributed by atoms with E-state index in [4.69, 9.17) is 10.00 Å². The second-order valence-electron chi connectivity index (χ2n) is 2.12. The molecular weight excluding hydrogens is 215 g/mol. The normalized spacial score (nSPS) is 16.8. The van der Waals surface area contributed by atoms with E-state index in [1.54, 1.807) is 0 Å². The lowest BCUT2D eigenvalue weighted by molar-refractivity contribution is -0.222. The van der Waals surface area contributed by atoms with E-state index in [0.717, 1.165) is 6.08 Å². The Hall–Kier alpha value is -0.720. The monoisotopic (exact) mass is 226 g/mol. The minimum Gasteiger partial charge on any atom is -0.367 e. The quantitative estimate of drug-likeness (QED) is 0.223. The van der Waals surface area contributed by atoms with Crippen LogP contribution in [0.2, 0.25) is 0 Å². The van der Waals surface area contributed by atoms with E-state index in [-0.39, 0.29) is 6.42 Å². The molecule has 0 heterocycles. The van der Waals surface area contributed by atoms with Crippen LogP contribution in [0.1, 0.15) is 13.3 Å². The molecule has 0 aromatic rings. The van der Waals surface area contributed by atoms with Crippen molar-refractivity contribution in [3.05, 3.63) is 12.7 Å². The first-order chi connectivity index (χ1) is 6.41. The predicted octanol–water partition coefficient (Wildman–Crippen LogP) is 0.493. The van der Waals surface area contributed by atoms with Gasteiger partial charge in [0.25, 0.3) is 0 Å². The van der Waals surface area contributed by atoms with Crippen molar-refractivity contribution in [2.24, 2.45) is 0 Å². The molecule has 0 amide bonds. The molecule has 0 fully saturated rings. The van der Waals surface area contributed by atoms with Gasteiger partial charge in [0.1, 0.15) is 0 Å². The van der Waals surface area contributed by atoms with Gasteiger partial charge in [0.2, 0.25) is 0 Å². The van der Waals surface area contributed by atoms with Gasteiger partial charge in [-0.1, -0.05) is 18.2 Å². The summed E-state index contributed by atoms with van der Waals surface area (Å²) in [5.41, 5.74) is 0. The van der Waals surface area contributed by atoms with Crippen molar-refractivity contribution in [1.82, 2.24) is 0 Å². The van der Waals surface area contributed by atoms with Crippen LogP contribution < -0.4 is 0 Å². The first-order valence-electron chi connectivity index (χ1n) is 3.63. The Morgan fingerprint density at radius 2 is 2.29 bits per heavy atom. The van der Waals surface area contributed by atoms with Gasteiger partial charge in [0.05, 0.1) is 0 Å². The molecule has 0 aliphatic carbocycles. The van der Waals surface area contributed by atoms with Gasteiger partial charge in [-0.3, -0.25) is 9.41 Å². The van der Waals surface area contributed by atoms with E-state index in [0.29, 0.717) is 0 Å². The van der Waals surface area contributed by atoms with Crippen LogP contribution in [0.4, 0.5) is 0 Å². The maximum absolute atomic E-state index is 10.8. The van der Waals surface area contributed by atoms with Crippen molar-refractivity contribution in [1.29, 1.82) is 0 Å². The second-order valence-corrected chi connectivity index (χ2v) is 3.41. The fraction of sp³-hybridized carbons (Fsp3) is 0.500. The minimum absolute atomic E-state index is 0.0866. The van der Waals surface area contributed by atoms with Crippen molar-refractivity contribution < 1.29 is 33.4 Å². The SMILES string of the molecule is C=CC(=O)OOP(=O)(O)OC(O)CC. The number of phosphoric ester groups is 1. The summed E-state index contributed by atoms with van der Waals surface area (Å²) in [6.07, 6.45) is -0.646. The smallest absolute Gasteiger partial charge is 0.367 e. The van der Waals surface area contributed by atoms with Crippen LogP contribution in [0.5, 0.6) is 0 Å². The highest BCUT2D eigenvalue weighted by atomic mass is 31.2. The Labute approximate surface area is 80.4 Å². The van der Waals surface area contributed by atoms with Crippen molar-refractivity contribution in [3.63, 3.8) is 0 Å². The number of aliphatic hydroxyl groups excluding tert-OH is 1. The summed E-state index contributed by atoms with van der Waals surface area (Å²) in [6, 6.07) is 0. The largest absolute Gasteiger partial charge is 0.510 e. The number of phosphoric acid groups is 1. The summed E-state index contributed by atoms with van der Waals surface area (Å²) in [4.78, 5) is 23.0. The number of hydrogen-bond acceptors (Lipinski definition) is 6. The summed E-state index contributed by atoms with van der Waals surface area (Å²) in [7, 11) is -4.57. The molecule has 0 aliphatic rings. The molecule has 0 saturated carbocycles. The summed E-state index contributed by atoms with van der Waals surface area (Å²) in [5, 5.41) is 8.82. The lowest BCUT2D eigenvalue weighted by Gasteiger charge is -2.12. The third-order valence-corrected chi connectivity index (χ3v) is 1.76. The Kier molecular flexibility index (Phi) is 5.59. The molecule has 0 aliphatic heterocycles. The molecule has 2 unspecified atom stereocenters. The van der Waals surface area contributed by atoms with E-state index >= 15 is 0 Å². The average Bonchev–Trinajstić information content (AvgIpc) is 2.13. The summed E-state index contributed by atoms with van der Waals surface area (Å²) in [5.74, 6) is -1.05. The van der Waals surface area contributed by atoms with Crippen LogP contribution in [0, 0.1) is 0 Å². The molecule has 0 rings (SSSR count). The van der Waals surface area contributed by atoms with Crippen LogP contribution in [0.25, 0.3) is 0 Å². The van der Waals surface area contributed by atoms with Crippen LogP contribution in [0.3, 0.4) is 0 Å². The lowest BCUT2D eigenvalue weighted by atomic mass is 10.5. The molecule has 82 valence electrons. The van der Waals surface area contributed by atoms with Crippen molar-refractivity contribution >= 4 is 13.8 Å². The number of aliphatic hydroxyl groups is 1. The van der Waals surface area contributed by atoms with Crippen LogP contribution in [-0.4, -0.2) is 22.3 Å². The predicted molar refractivity (Wildman–Crippen MR) is 44.6 cm³/mol. The highest BCUT2D eigenvalue weighted by Gasteiger charge is 2.27. The van der Waals surface area contributed by atoms with Crippen LogP contribution >= 0.6 is 7.82 Å². The van der Waals surface area contributed by atoms with E-state index in [1.807, 2.05) is 0 Å². The Bertz CT molecular complexity index is 251. The van der Waals surface area contributed by atoms with Gasteiger partial charge in [-0.05, 0) is 6.42 Å². The first-order valence-corrected chi connectivity index (χ1v) is 5.12. The maximum atomic E-state index is 10.8. The number of hydrogen-bond donors (Lipinski definition) is 2. The van der Waals surface area contributed by atoms with E-state index in [1.165, 1.54) is 6.92 Å². The zero-order valence-corrected chi connectivity index (χ0v) is 8.35. The molecule has 2 atom stereocenters. The second kappa shape index (κ2) is 5.90. The summed E-state index contributed by atoms with van der Waals surface area (Å²) >= 11 is 0. The molecule has 0 aromatic heterocycles. The van der Waals surface area contributed by atoms with Crippen LogP contribution in [-0.2, 0) is 23.4 Å². The molecule has 0 radical (unpaired) electrons. The van der Waals surface area contributed by atoms with Gasteiger partial charge in [-0.15, -0.1) is 0 Å². The van der Waals surface area contributed by atoms with E-state index in [9.17, 15) is 9.36 Å². The fourth-order valence-corrected chi connectivity index (χ4v) is 1.02. The number of rotatable bonds is 6. The molecule has 14 heavy (non-hydrogen) atoms. The minimum atomic E-state index is -4.57. The highest BCUT2D eigenvalue weighted by Crippen LogP contribution is 2.44. The summed E-state index contributed by atoms with van der Waals surface area (Å²) < 4.78 is 18.7. The van der Waals surface area contributed by atoms with Gasteiger partial charge in [-0.2, -0.15) is 0 Å². The van der Waals surface area contributed by atoms with Gasteiger partial charge in [0.15, 0.2) is 6.29 Å². The Morgan fingerprint density at radius 1 is 1.71 bits per heavy atom. The zero-order chi connectivity index (χ0) is 11.2. The number of carbonyl (C=O) groups excluding carboxylic acids is 1. The van der Waals surface area contributed by atoms with Gasteiger partial charge >= 0.3 is 13.8 Å². The van der Waals surface area contributed by atoms with Crippen LogP contribution in [0.15, 0.2) is 12.7 Å². The molecular formula is C6H11O7P. The molecule has 7 nitrogen and oxygen atoms in total. The molecule has 0 bridgehead atoms. The van der Waals surface area contributed by atoms with Crippen molar-refractivity contribution in [2.45, 2.75) is 19.6 Å². The molecule has 2 N–H and O–H groups in total. The zero-order valence-electron chi connectivity index (χ0n) is 7.45. The fourth-order valence-electron chi connectivity index (χ4n) is 0.364. The molecule has 0 spiro atoms. The Morgan fingerprint density at radius 3 is 2.71 bits per heavy atom. The van der Waals surface area contributed by atoms with Gasteiger partial charge in [-0.25, -0.2) is 9.36 Å². The maximum Gasteiger partial charge on any atom is 0.510 e. The molecule has 0 aromatic carbocycles. The summed E-state index contributed by atoms with van der Waals surface area (Å²) in [6.45, 7) is 4.54. The Balaban J connectivity index is 4.01. The highest BCUT2D eigenvalue weighted by molar-refractivity contribution is 7.47. The van der Waals surface area contributed by atoms with E-state index < -0.39 is 20.1 Å². The van der Waals surface area contributed by atoms with E-state index in [2.05, 4.69) is 20.7 Å². The lowest BCUT2D eigenvalue weighted by Crippen LogP contribution is -2.10. The average molecular weight is 226 g/mol. The van der Waals surface area contributed by atoms with Crippen molar-refractivity contribution in [2.75, 3.05) is 0 Å². The molecule has 0 saturated heterocycles. The van der Waals surface area contributed by atoms with Gasteiger partial charge in [0, 0.05) is 6.08 Å². The molecule has 8 heteroatoms. The van der Waals surface area contributed by atoms with Gasteiger partial charge < -0.3 is 10.00 Å². The number of carbonyl (C=O) groups is 1. The standard InChI is InChI=1S/C6H11O7P/c1-3-5(7)11-13-14(9,10)12-6(8)4-2/h3,6,8H,1,4H2,2H3,(H,9,10). The topological polar surface area (TPSA) is 102 Å².